The van der Waals surface area contributed by atoms with Crippen LogP contribution in [-0.4, -0.2) is 21.1 Å². The van der Waals surface area contributed by atoms with Crippen LogP contribution in [0.15, 0.2) is 36.5 Å². The summed E-state index contributed by atoms with van der Waals surface area (Å²) >= 11 is 5.97. The van der Waals surface area contributed by atoms with E-state index in [0.29, 0.717) is 18.2 Å². The Morgan fingerprint density at radius 1 is 1.27 bits per heavy atom. The number of hydrogen-bond acceptors (Lipinski definition) is 4. The van der Waals surface area contributed by atoms with Crippen LogP contribution < -0.4 is 10.5 Å². The molecule has 0 spiro atoms. The van der Waals surface area contributed by atoms with Crippen molar-refractivity contribution in [2.75, 3.05) is 12.3 Å². The SMILES string of the molecule is CCc1nc2cc(Cl)cnc2n1CCOc1ccc(N)cc1. The van der Waals surface area contributed by atoms with Crippen molar-refractivity contribution >= 4 is 28.5 Å². The normalized spacial score (nSPS) is 11.0. The van der Waals surface area contributed by atoms with Gasteiger partial charge in [0.25, 0.3) is 0 Å². The summed E-state index contributed by atoms with van der Waals surface area (Å²) in [6.45, 7) is 3.28. The minimum absolute atomic E-state index is 0.534. The minimum atomic E-state index is 0.534. The number of ether oxygens (including phenoxy) is 1. The molecule has 2 heterocycles. The summed E-state index contributed by atoms with van der Waals surface area (Å²) in [6, 6.07) is 9.20. The molecule has 0 aliphatic heterocycles. The van der Waals surface area contributed by atoms with Crippen LogP contribution in [0.4, 0.5) is 5.69 Å². The van der Waals surface area contributed by atoms with E-state index in [1.165, 1.54) is 0 Å². The summed E-state index contributed by atoms with van der Waals surface area (Å²) in [5, 5.41) is 0.595. The topological polar surface area (TPSA) is 66.0 Å². The van der Waals surface area contributed by atoms with E-state index in [1.54, 1.807) is 6.20 Å². The molecule has 5 nitrogen and oxygen atoms in total. The molecular formula is C16H17ClN4O. The maximum Gasteiger partial charge on any atom is 0.160 e. The summed E-state index contributed by atoms with van der Waals surface area (Å²) in [5.41, 5.74) is 8.03. The van der Waals surface area contributed by atoms with E-state index in [-0.39, 0.29) is 0 Å². The fourth-order valence-corrected chi connectivity index (χ4v) is 2.51. The number of nitrogens with zero attached hydrogens (tertiary/aromatic N) is 3. The molecule has 114 valence electrons. The van der Waals surface area contributed by atoms with Gasteiger partial charge in [-0.15, -0.1) is 0 Å². The monoisotopic (exact) mass is 316 g/mol. The Bertz CT molecular complexity index is 783. The van der Waals surface area contributed by atoms with Crippen LogP contribution >= 0.6 is 11.6 Å². The summed E-state index contributed by atoms with van der Waals surface area (Å²) < 4.78 is 7.82. The van der Waals surface area contributed by atoms with Gasteiger partial charge in [0, 0.05) is 18.3 Å². The Labute approximate surface area is 133 Å². The van der Waals surface area contributed by atoms with Gasteiger partial charge in [0.15, 0.2) is 5.65 Å². The fraction of sp³-hybridized carbons (Fsp3) is 0.250. The van der Waals surface area contributed by atoms with E-state index in [0.717, 1.165) is 34.8 Å². The zero-order valence-corrected chi connectivity index (χ0v) is 13.0. The number of aromatic nitrogens is 3. The Morgan fingerprint density at radius 3 is 2.77 bits per heavy atom. The zero-order valence-electron chi connectivity index (χ0n) is 12.3. The van der Waals surface area contributed by atoms with E-state index in [9.17, 15) is 0 Å². The highest BCUT2D eigenvalue weighted by Crippen LogP contribution is 2.19. The molecule has 0 aliphatic carbocycles. The third-order valence-corrected chi connectivity index (χ3v) is 3.62. The van der Waals surface area contributed by atoms with Crippen molar-refractivity contribution < 1.29 is 4.74 Å². The molecule has 0 radical (unpaired) electrons. The number of fused-ring (bicyclic) bond motifs is 1. The number of nitrogen functional groups attached to an aromatic ring is 1. The Morgan fingerprint density at radius 2 is 2.05 bits per heavy atom. The van der Waals surface area contributed by atoms with Crippen LogP contribution in [-0.2, 0) is 13.0 Å². The van der Waals surface area contributed by atoms with Gasteiger partial charge in [-0.05, 0) is 30.3 Å². The van der Waals surface area contributed by atoms with Gasteiger partial charge in [-0.2, -0.15) is 0 Å². The van der Waals surface area contributed by atoms with Crippen molar-refractivity contribution in [1.29, 1.82) is 0 Å². The van der Waals surface area contributed by atoms with Crippen LogP contribution in [0, 0.1) is 0 Å². The van der Waals surface area contributed by atoms with Crippen molar-refractivity contribution in [2.24, 2.45) is 0 Å². The highest BCUT2D eigenvalue weighted by molar-refractivity contribution is 6.31. The van der Waals surface area contributed by atoms with Crippen LogP contribution in [0.25, 0.3) is 11.2 Å². The number of pyridine rings is 1. The fourth-order valence-electron chi connectivity index (χ4n) is 2.36. The van der Waals surface area contributed by atoms with Crippen LogP contribution in [0.1, 0.15) is 12.7 Å². The number of aryl methyl sites for hydroxylation is 1. The van der Waals surface area contributed by atoms with Gasteiger partial charge in [-0.25, -0.2) is 9.97 Å². The molecule has 3 rings (SSSR count). The second-order valence-electron chi connectivity index (χ2n) is 4.95. The van der Waals surface area contributed by atoms with Crippen molar-refractivity contribution in [3.05, 3.63) is 47.4 Å². The van der Waals surface area contributed by atoms with E-state index in [2.05, 4.69) is 21.5 Å². The van der Waals surface area contributed by atoms with Gasteiger partial charge in [0.05, 0.1) is 11.6 Å². The van der Waals surface area contributed by atoms with E-state index < -0.39 is 0 Å². The first-order valence-corrected chi connectivity index (χ1v) is 7.54. The third-order valence-electron chi connectivity index (χ3n) is 3.41. The van der Waals surface area contributed by atoms with E-state index >= 15 is 0 Å². The molecule has 1 aromatic carbocycles. The van der Waals surface area contributed by atoms with Crippen LogP contribution in [0.3, 0.4) is 0 Å². The molecular weight excluding hydrogens is 300 g/mol. The van der Waals surface area contributed by atoms with Crippen LogP contribution in [0.2, 0.25) is 5.02 Å². The molecule has 22 heavy (non-hydrogen) atoms. The molecule has 2 aromatic heterocycles. The van der Waals surface area contributed by atoms with Gasteiger partial charge in [-0.1, -0.05) is 18.5 Å². The molecule has 0 saturated carbocycles. The van der Waals surface area contributed by atoms with Gasteiger partial charge in [-0.3, -0.25) is 0 Å². The van der Waals surface area contributed by atoms with Gasteiger partial charge in [0.1, 0.15) is 23.7 Å². The zero-order chi connectivity index (χ0) is 15.5. The largest absolute Gasteiger partial charge is 0.492 e. The van der Waals surface area contributed by atoms with Crippen molar-refractivity contribution in [3.63, 3.8) is 0 Å². The number of rotatable bonds is 5. The smallest absolute Gasteiger partial charge is 0.160 e. The Kier molecular flexibility index (Phi) is 4.15. The van der Waals surface area contributed by atoms with E-state index in [1.807, 2.05) is 30.3 Å². The van der Waals surface area contributed by atoms with Crippen molar-refractivity contribution in [3.8, 4) is 5.75 Å². The minimum Gasteiger partial charge on any atom is -0.492 e. The number of imidazole rings is 1. The molecule has 0 saturated heterocycles. The predicted molar refractivity (Wildman–Crippen MR) is 88.3 cm³/mol. The molecule has 0 unspecified atom stereocenters. The van der Waals surface area contributed by atoms with Gasteiger partial charge in [0.2, 0.25) is 0 Å². The lowest BCUT2D eigenvalue weighted by molar-refractivity contribution is 0.298. The highest BCUT2D eigenvalue weighted by Gasteiger charge is 2.11. The first-order valence-electron chi connectivity index (χ1n) is 7.16. The first kappa shape index (κ1) is 14.7. The number of benzene rings is 1. The molecule has 0 fully saturated rings. The maximum atomic E-state index is 5.97. The van der Waals surface area contributed by atoms with Crippen molar-refractivity contribution in [2.45, 2.75) is 19.9 Å². The molecule has 3 aromatic rings. The first-order chi connectivity index (χ1) is 10.7. The molecule has 0 aliphatic rings. The van der Waals surface area contributed by atoms with E-state index in [4.69, 9.17) is 22.1 Å². The summed E-state index contributed by atoms with van der Waals surface area (Å²) in [5.74, 6) is 1.78. The number of anilines is 1. The van der Waals surface area contributed by atoms with Crippen molar-refractivity contribution in [1.82, 2.24) is 14.5 Å². The second-order valence-corrected chi connectivity index (χ2v) is 5.38. The Hall–Kier alpha value is -2.27. The van der Waals surface area contributed by atoms with Crippen LogP contribution in [0.5, 0.6) is 5.75 Å². The summed E-state index contributed by atoms with van der Waals surface area (Å²) in [6.07, 6.45) is 2.47. The quantitative estimate of drug-likeness (QED) is 0.733. The summed E-state index contributed by atoms with van der Waals surface area (Å²) in [4.78, 5) is 8.96. The lowest BCUT2D eigenvalue weighted by atomic mass is 10.3. The third kappa shape index (κ3) is 2.99. The number of hydrogen-bond donors (Lipinski definition) is 1. The lowest BCUT2D eigenvalue weighted by Gasteiger charge is -2.09. The molecule has 6 heteroatoms. The second kappa shape index (κ2) is 6.23. The number of nitrogens with two attached hydrogens (primary N) is 1. The lowest BCUT2D eigenvalue weighted by Crippen LogP contribution is -2.11. The predicted octanol–water partition coefficient (Wildman–Crippen LogP) is 3.31. The van der Waals surface area contributed by atoms with Gasteiger partial charge >= 0.3 is 0 Å². The average Bonchev–Trinajstić information content (AvgIpc) is 2.86. The molecule has 0 atom stereocenters. The maximum absolute atomic E-state index is 5.97. The average molecular weight is 317 g/mol. The van der Waals surface area contributed by atoms with Gasteiger partial charge < -0.3 is 15.0 Å². The Balaban J connectivity index is 1.76. The molecule has 0 bridgehead atoms. The highest BCUT2D eigenvalue weighted by atomic mass is 35.5. The summed E-state index contributed by atoms with van der Waals surface area (Å²) in [7, 11) is 0. The molecule has 0 amide bonds. The number of halogens is 1. The molecule has 2 N–H and O–H groups in total. The standard InChI is InChI=1S/C16H17ClN4O/c1-2-15-20-14-9-11(17)10-19-16(14)21(15)7-8-22-13-5-3-12(18)4-6-13/h3-6,9-10H,2,7-8,18H2,1H3.